The van der Waals surface area contributed by atoms with Gasteiger partial charge in [0.25, 0.3) is 0 Å². The van der Waals surface area contributed by atoms with Gasteiger partial charge in [-0.25, -0.2) is 0 Å². The van der Waals surface area contributed by atoms with E-state index in [1.54, 1.807) is 10.9 Å². The first-order chi connectivity index (χ1) is 7.43. The first kappa shape index (κ1) is 12.8. The Kier molecular flexibility index (Phi) is 4.18. The van der Waals surface area contributed by atoms with Gasteiger partial charge in [-0.2, -0.15) is 0 Å². The zero-order valence-corrected chi connectivity index (χ0v) is 10.1. The number of rotatable bonds is 5. The first-order valence-corrected chi connectivity index (χ1v) is 5.46. The number of Topliss-reactive ketones (excluding diaryl/α,β-unsaturated/α-hetero) is 1. The molecular weight excluding hydrogens is 206 g/mol. The molecule has 0 amide bonds. The lowest BCUT2D eigenvalue weighted by Gasteiger charge is -2.15. The van der Waals surface area contributed by atoms with Crippen molar-refractivity contribution in [1.82, 2.24) is 15.0 Å². The van der Waals surface area contributed by atoms with Gasteiger partial charge in [-0.15, -0.1) is 5.10 Å². The lowest BCUT2D eigenvalue weighted by atomic mass is 9.88. The van der Waals surface area contributed by atoms with Crippen LogP contribution in [-0.2, 0) is 17.9 Å². The topological polar surface area (TPSA) is 68.0 Å². The molecule has 0 radical (unpaired) electrons. The minimum atomic E-state index is -0.265. The third-order valence-electron chi connectivity index (χ3n) is 2.38. The van der Waals surface area contributed by atoms with Crippen LogP contribution in [0.2, 0.25) is 0 Å². The predicted molar refractivity (Wildman–Crippen MR) is 59.6 cm³/mol. The quantitative estimate of drug-likeness (QED) is 0.816. The van der Waals surface area contributed by atoms with Crippen molar-refractivity contribution in [3.63, 3.8) is 0 Å². The smallest absolute Gasteiger partial charge is 0.138 e. The summed E-state index contributed by atoms with van der Waals surface area (Å²) in [5.41, 5.74) is 0.292. The Balaban J connectivity index is 2.33. The molecular formula is C11H19N3O2. The number of carbonyl (C=O) groups is 1. The van der Waals surface area contributed by atoms with Crippen molar-refractivity contribution in [1.29, 1.82) is 0 Å². The second-order valence-electron chi connectivity index (χ2n) is 4.91. The highest BCUT2D eigenvalue weighted by molar-refractivity contribution is 5.83. The van der Waals surface area contributed by atoms with Crippen LogP contribution in [0.25, 0.3) is 0 Å². The normalized spacial score (nSPS) is 11.8. The molecule has 16 heavy (non-hydrogen) atoms. The lowest BCUT2D eigenvalue weighted by Crippen LogP contribution is -2.20. The van der Waals surface area contributed by atoms with Crippen molar-refractivity contribution < 1.29 is 9.90 Å². The molecule has 1 N–H and O–H groups in total. The average molecular weight is 225 g/mol. The Morgan fingerprint density at radius 1 is 1.50 bits per heavy atom. The number of hydrogen-bond acceptors (Lipinski definition) is 4. The monoisotopic (exact) mass is 225 g/mol. The van der Waals surface area contributed by atoms with Crippen LogP contribution in [0.3, 0.4) is 0 Å². The fourth-order valence-electron chi connectivity index (χ4n) is 1.30. The zero-order chi connectivity index (χ0) is 12.2. The predicted octanol–water partition coefficient (Wildman–Crippen LogP) is 1.17. The molecule has 90 valence electrons. The number of aryl methyl sites for hydroxylation is 1. The van der Waals surface area contributed by atoms with Gasteiger partial charge in [0, 0.05) is 18.4 Å². The molecule has 0 saturated carbocycles. The number of nitrogens with zero attached hydrogens (tertiary/aromatic N) is 3. The summed E-state index contributed by atoms with van der Waals surface area (Å²) in [6.07, 6.45) is 3.00. The third kappa shape index (κ3) is 3.73. The Morgan fingerprint density at radius 2 is 2.19 bits per heavy atom. The highest BCUT2D eigenvalue weighted by Crippen LogP contribution is 2.17. The number of aliphatic hydroxyl groups excluding tert-OH is 1. The van der Waals surface area contributed by atoms with Gasteiger partial charge in [-0.3, -0.25) is 9.48 Å². The van der Waals surface area contributed by atoms with Crippen molar-refractivity contribution >= 4 is 5.78 Å². The van der Waals surface area contributed by atoms with Gasteiger partial charge in [0.15, 0.2) is 0 Å². The van der Waals surface area contributed by atoms with Crippen molar-refractivity contribution in [3.8, 4) is 0 Å². The minimum Gasteiger partial charge on any atom is -0.390 e. The van der Waals surface area contributed by atoms with E-state index in [2.05, 4.69) is 10.3 Å². The van der Waals surface area contributed by atoms with Gasteiger partial charge < -0.3 is 5.11 Å². The molecule has 1 aromatic heterocycles. The van der Waals surface area contributed by atoms with Crippen LogP contribution >= 0.6 is 0 Å². The maximum absolute atomic E-state index is 11.6. The van der Waals surface area contributed by atoms with E-state index in [1.807, 2.05) is 20.8 Å². The number of carbonyl (C=O) groups excluding carboxylic acids is 1. The van der Waals surface area contributed by atoms with Crippen molar-refractivity contribution in [2.24, 2.45) is 5.41 Å². The molecule has 0 aromatic carbocycles. The van der Waals surface area contributed by atoms with Crippen LogP contribution in [0.1, 0.15) is 39.3 Å². The fourth-order valence-corrected chi connectivity index (χ4v) is 1.30. The Morgan fingerprint density at radius 3 is 2.69 bits per heavy atom. The second-order valence-corrected chi connectivity index (χ2v) is 4.91. The molecule has 5 heteroatoms. The second kappa shape index (κ2) is 5.21. The van der Waals surface area contributed by atoms with Gasteiger partial charge in [0.05, 0.1) is 12.8 Å². The molecule has 0 bridgehead atoms. The van der Waals surface area contributed by atoms with Gasteiger partial charge in [-0.05, 0) is 6.42 Å². The van der Waals surface area contributed by atoms with E-state index in [4.69, 9.17) is 5.11 Å². The van der Waals surface area contributed by atoms with Crippen molar-refractivity contribution in [2.45, 2.75) is 46.8 Å². The van der Waals surface area contributed by atoms with Crippen LogP contribution in [0, 0.1) is 5.41 Å². The molecule has 0 aliphatic rings. The lowest BCUT2D eigenvalue weighted by molar-refractivity contribution is -0.126. The standard InChI is InChI=1S/C11H19N3O2/c1-11(2,3)10(16)5-4-6-14-7-9(8-15)12-13-14/h7,15H,4-6,8H2,1-3H3. The summed E-state index contributed by atoms with van der Waals surface area (Å²) < 4.78 is 1.65. The summed E-state index contributed by atoms with van der Waals surface area (Å²) in [5, 5.41) is 16.4. The van der Waals surface area contributed by atoms with Gasteiger partial charge in [0.1, 0.15) is 11.5 Å². The van der Waals surface area contributed by atoms with Crippen molar-refractivity contribution in [3.05, 3.63) is 11.9 Å². The Hall–Kier alpha value is -1.23. The number of hydrogen-bond donors (Lipinski definition) is 1. The SMILES string of the molecule is CC(C)(C)C(=O)CCCn1cc(CO)nn1. The summed E-state index contributed by atoms with van der Waals surface area (Å²) in [6.45, 7) is 6.34. The van der Waals surface area contributed by atoms with E-state index in [0.717, 1.165) is 6.42 Å². The van der Waals surface area contributed by atoms with E-state index in [9.17, 15) is 4.79 Å². The van der Waals surface area contributed by atoms with Gasteiger partial charge in [0.2, 0.25) is 0 Å². The molecule has 1 rings (SSSR count). The highest BCUT2D eigenvalue weighted by atomic mass is 16.3. The molecule has 1 aromatic rings. The first-order valence-electron chi connectivity index (χ1n) is 5.46. The van der Waals surface area contributed by atoms with Gasteiger partial charge >= 0.3 is 0 Å². The molecule has 0 fully saturated rings. The Labute approximate surface area is 95.5 Å². The van der Waals surface area contributed by atoms with Gasteiger partial charge in [-0.1, -0.05) is 26.0 Å². The largest absolute Gasteiger partial charge is 0.390 e. The van der Waals surface area contributed by atoms with Crippen LogP contribution in [0.5, 0.6) is 0 Å². The number of aromatic nitrogens is 3. The maximum Gasteiger partial charge on any atom is 0.138 e. The van der Waals surface area contributed by atoms with E-state index < -0.39 is 0 Å². The molecule has 0 atom stereocenters. The van der Waals surface area contributed by atoms with Crippen molar-refractivity contribution in [2.75, 3.05) is 0 Å². The summed E-state index contributed by atoms with van der Waals surface area (Å²) in [6, 6.07) is 0. The van der Waals surface area contributed by atoms with Crippen LogP contribution < -0.4 is 0 Å². The molecule has 5 nitrogen and oxygen atoms in total. The van der Waals surface area contributed by atoms with Crippen LogP contribution in [-0.4, -0.2) is 25.9 Å². The molecule has 0 saturated heterocycles. The van der Waals surface area contributed by atoms with Crippen LogP contribution in [0.15, 0.2) is 6.20 Å². The fraction of sp³-hybridized carbons (Fsp3) is 0.727. The molecule has 0 aliphatic carbocycles. The van der Waals surface area contributed by atoms with E-state index in [1.165, 1.54) is 0 Å². The minimum absolute atomic E-state index is 0.0963. The summed E-state index contributed by atoms with van der Waals surface area (Å²) >= 11 is 0. The molecule has 1 heterocycles. The van der Waals surface area contributed by atoms with Crippen LogP contribution in [0.4, 0.5) is 0 Å². The Bertz CT molecular complexity index is 352. The summed E-state index contributed by atoms with van der Waals surface area (Å²) in [7, 11) is 0. The van der Waals surface area contributed by atoms with E-state index in [-0.39, 0.29) is 17.8 Å². The molecule has 0 unspecified atom stereocenters. The number of ketones is 1. The summed E-state index contributed by atoms with van der Waals surface area (Å²) in [4.78, 5) is 11.6. The third-order valence-corrected chi connectivity index (χ3v) is 2.38. The zero-order valence-electron chi connectivity index (χ0n) is 10.1. The summed E-state index contributed by atoms with van der Waals surface area (Å²) in [5.74, 6) is 0.259. The highest BCUT2D eigenvalue weighted by Gasteiger charge is 2.20. The average Bonchev–Trinajstić information content (AvgIpc) is 2.64. The molecule has 0 aliphatic heterocycles. The van der Waals surface area contributed by atoms with E-state index in [0.29, 0.717) is 18.7 Å². The molecule has 0 spiro atoms. The van der Waals surface area contributed by atoms with E-state index >= 15 is 0 Å². The number of aliphatic hydroxyl groups is 1. The maximum atomic E-state index is 11.6.